The standard InChI is InChI=1S/C20H24N2O4/c1-14(2)16-6-10-18(11-7-16)26-13-20(24)22-21-19(23)12-25-17-8-4-15(3)5-9-17/h4-11,14H,12-13H2,1-3H3,(H,21,23)(H,22,24). The zero-order chi connectivity index (χ0) is 18.9. The number of ether oxygens (including phenoxy) is 2. The molecule has 0 bridgehead atoms. The Bertz CT molecular complexity index is 724. The molecule has 2 aromatic carbocycles. The van der Waals surface area contributed by atoms with E-state index < -0.39 is 11.8 Å². The number of hydrazine groups is 1. The van der Waals surface area contributed by atoms with Gasteiger partial charge in [0.15, 0.2) is 13.2 Å². The van der Waals surface area contributed by atoms with E-state index >= 15 is 0 Å². The zero-order valence-corrected chi connectivity index (χ0v) is 15.2. The highest BCUT2D eigenvalue weighted by atomic mass is 16.5. The second-order valence-electron chi connectivity index (χ2n) is 6.21. The van der Waals surface area contributed by atoms with E-state index in [-0.39, 0.29) is 13.2 Å². The van der Waals surface area contributed by atoms with Crippen molar-refractivity contribution in [2.24, 2.45) is 0 Å². The van der Waals surface area contributed by atoms with Gasteiger partial charge in [0.25, 0.3) is 11.8 Å². The topological polar surface area (TPSA) is 76.7 Å². The van der Waals surface area contributed by atoms with Crippen molar-refractivity contribution >= 4 is 11.8 Å². The van der Waals surface area contributed by atoms with E-state index in [1.165, 1.54) is 5.56 Å². The van der Waals surface area contributed by atoms with Gasteiger partial charge >= 0.3 is 0 Å². The third-order valence-electron chi connectivity index (χ3n) is 3.65. The highest BCUT2D eigenvalue weighted by Crippen LogP contribution is 2.18. The number of hydrogen-bond acceptors (Lipinski definition) is 4. The lowest BCUT2D eigenvalue weighted by Crippen LogP contribution is -2.45. The lowest BCUT2D eigenvalue weighted by atomic mass is 10.0. The summed E-state index contributed by atoms with van der Waals surface area (Å²) in [4.78, 5) is 23.4. The lowest BCUT2D eigenvalue weighted by Gasteiger charge is -2.10. The molecule has 0 aliphatic heterocycles. The predicted molar refractivity (Wildman–Crippen MR) is 99.0 cm³/mol. The number of benzene rings is 2. The second-order valence-corrected chi connectivity index (χ2v) is 6.21. The minimum atomic E-state index is -0.458. The van der Waals surface area contributed by atoms with Gasteiger partial charge in [0.05, 0.1) is 0 Å². The monoisotopic (exact) mass is 356 g/mol. The summed E-state index contributed by atoms with van der Waals surface area (Å²) in [6, 6.07) is 14.9. The van der Waals surface area contributed by atoms with Crippen LogP contribution < -0.4 is 20.3 Å². The summed E-state index contributed by atoms with van der Waals surface area (Å²) >= 11 is 0. The number of rotatable bonds is 7. The Balaban J connectivity index is 1.66. The summed E-state index contributed by atoms with van der Waals surface area (Å²) in [5, 5.41) is 0. The molecule has 0 saturated carbocycles. The summed E-state index contributed by atoms with van der Waals surface area (Å²) in [6.07, 6.45) is 0. The van der Waals surface area contributed by atoms with Crippen LogP contribution in [0.2, 0.25) is 0 Å². The van der Waals surface area contributed by atoms with Gasteiger partial charge in [-0.1, -0.05) is 43.7 Å². The van der Waals surface area contributed by atoms with Crippen molar-refractivity contribution in [3.63, 3.8) is 0 Å². The summed E-state index contributed by atoms with van der Waals surface area (Å²) in [6.45, 7) is 5.79. The first kappa shape index (κ1) is 19.3. The number of hydrogen-bond donors (Lipinski definition) is 2. The smallest absolute Gasteiger partial charge is 0.276 e. The van der Waals surface area contributed by atoms with Gasteiger partial charge in [-0.2, -0.15) is 0 Å². The van der Waals surface area contributed by atoms with E-state index in [0.29, 0.717) is 17.4 Å². The van der Waals surface area contributed by atoms with Gasteiger partial charge in [0.2, 0.25) is 0 Å². The molecule has 0 aliphatic carbocycles. The molecule has 26 heavy (non-hydrogen) atoms. The van der Waals surface area contributed by atoms with Crippen LogP contribution >= 0.6 is 0 Å². The van der Waals surface area contributed by atoms with Gasteiger partial charge in [0.1, 0.15) is 11.5 Å². The molecule has 0 radical (unpaired) electrons. The van der Waals surface area contributed by atoms with E-state index in [4.69, 9.17) is 9.47 Å². The van der Waals surface area contributed by atoms with Crippen molar-refractivity contribution in [1.82, 2.24) is 10.9 Å². The van der Waals surface area contributed by atoms with E-state index in [0.717, 1.165) is 5.56 Å². The molecule has 6 heteroatoms. The SMILES string of the molecule is Cc1ccc(OCC(=O)NNC(=O)COc2ccc(C(C)C)cc2)cc1. The number of carbonyl (C=O) groups is 2. The van der Waals surface area contributed by atoms with E-state index in [9.17, 15) is 9.59 Å². The molecule has 2 rings (SSSR count). The quantitative estimate of drug-likeness (QED) is 0.748. The molecule has 0 spiro atoms. The van der Waals surface area contributed by atoms with Gasteiger partial charge in [-0.25, -0.2) is 0 Å². The lowest BCUT2D eigenvalue weighted by molar-refractivity contribution is -0.131. The Morgan fingerprint density at radius 1 is 0.808 bits per heavy atom. The minimum Gasteiger partial charge on any atom is -0.484 e. The van der Waals surface area contributed by atoms with Crippen molar-refractivity contribution in [1.29, 1.82) is 0 Å². The second kappa shape index (κ2) is 9.46. The van der Waals surface area contributed by atoms with Crippen LogP contribution in [0.15, 0.2) is 48.5 Å². The van der Waals surface area contributed by atoms with E-state index in [1.807, 2.05) is 43.3 Å². The molecule has 2 N–H and O–H groups in total. The molecule has 2 amide bonds. The van der Waals surface area contributed by atoms with Gasteiger partial charge in [-0.15, -0.1) is 0 Å². The predicted octanol–water partition coefficient (Wildman–Crippen LogP) is 2.72. The van der Waals surface area contributed by atoms with Gasteiger partial charge in [0, 0.05) is 0 Å². The number of aryl methyl sites for hydroxylation is 1. The molecular weight excluding hydrogens is 332 g/mol. The van der Waals surface area contributed by atoms with E-state index in [1.54, 1.807) is 12.1 Å². The molecule has 0 saturated heterocycles. The fraction of sp³-hybridized carbons (Fsp3) is 0.300. The van der Waals surface area contributed by atoms with Crippen LogP contribution in [0.3, 0.4) is 0 Å². The maximum Gasteiger partial charge on any atom is 0.276 e. The highest BCUT2D eigenvalue weighted by Gasteiger charge is 2.07. The minimum absolute atomic E-state index is 0.194. The largest absolute Gasteiger partial charge is 0.484 e. The Labute approximate surface area is 153 Å². The average Bonchev–Trinajstić information content (AvgIpc) is 2.64. The summed E-state index contributed by atoms with van der Waals surface area (Å²) in [5.74, 6) is 0.704. The van der Waals surface area contributed by atoms with Crippen LogP contribution in [0.1, 0.15) is 30.9 Å². The molecule has 0 unspecified atom stereocenters. The Hall–Kier alpha value is -3.02. The Morgan fingerprint density at radius 2 is 1.23 bits per heavy atom. The van der Waals surface area contributed by atoms with Crippen LogP contribution in [0.5, 0.6) is 11.5 Å². The number of nitrogens with one attached hydrogen (secondary N) is 2. The van der Waals surface area contributed by atoms with Crippen molar-refractivity contribution in [2.45, 2.75) is 26.7 Å². The normalized spacial score (nSPS) is 10.3. The first-order chi connectivity index (χ1) is 12.4. The molecule has 0 heterocycles. The molecule has 138 valence electrons. The highest BCUT2D eigenvalue weighted by molar-refractivity contribution is 5.83. The third kappa shape index (κ3) is 6.47. The van der Waals surface area contributed by atoms with Crippen molar-refractivity contribution in [3.8, 4) is 11.5 Å². The molecule has 2 aromatic rings. The first-order valence-corrected chi connectivity index (χ1v) is 8.44. The van der Waals surface area contributed by atoms with Crippen molar-refractivity contribution in [2.75, 3.05) is 13.2 Å². The number of amides is 2. The summed E-state index contributed by atoms with van der Waals surface area (Å²) < 4.78 is 10.7. The van der Waals surface area contributed by atoms with Crippen LogP contribution in [0.4, 0.5) is 0 Å². The van der Waals surface area contributed by atoms with Gasteiger partial charge < -0.3 is 9.47 Å². The van der Waals surface area contributed by atoms with E-state index in [2.05, 4.69) is 24.7 Å². The summed E-state index contributed by atoms with van der Waals surface area (Å²) in [5.41, 5.74) is 6.87. The fourth-order valence-corrected chi connectivity index (χ4v) is 2.09. The van der Waals surface area contributed by atoms with Gasteiger partial charge in [-0.3, -0.25) is 20.4 Å². The average molecular weight is 356 g/mol. The van der Waals surface area contributed by atoms with Crippen molar-refractivity contribution < 1.29 is 19.1 Å². The van der Waals surface area contributed by atoms with Crippen LogP contribution in [-0.4, -0.2) is 25.0 Å². The van der Waals surface area contributed by atoms with Crippen LogP contribution in [0.25, 0.3) is 0 Å². The maximum absolute atomic E-state index is 11.7. The Kier molecular flexibility index (Phi) is 7.02. The van der Waals surface area contributed by atoms with Gasteiger partial charge in [-0.05, 0) is 42.7 Å². The molecule has 6 nitrogen and oxygen atoms in total. The molecule has 0 aliphatic rings. The van der Waals surface area contributed by atoms with Crippen LogP contribution in [-0.2, 0) is 9.59 Å². The van der Waals surface area contributed by atoms with Crippen LogP contribution in [0, 0.1) is 6.92 Å². The van der Waals surface area contributed by atoms with Crippen molar-refractivity contribution in [3.05, 3.63) is 59.7 Å². The fourth-order valence-electron chi connectivity index (χ4n) is 2.09. The Morgan fingerprint density at radius 3 is 1.65 bits per heavy atom. The number of carbonyl (C=O) groups excluding carboxylic acids is 2. The summed E-state index contributed by atoms with van der Waals surface area (Å²) in [7, 11) is 0. The molecule has 0 aromatic heterocycles. The molecule has 0 fully saturated rings. The molecular formula is C20H24N2O4. The third-order valence-corrected chi connectivity index (χ3v) is 3.65. The first-order valence-electron chi connectivity index (χ1n) is 8.44. The zero-order valence-electron chi connectivity index (χ0n) is 15.2. The molecule has 0 atom stereocenters. The maximum atomic E-state index is 11.7.